The highest BCUT2D eigenvalue weighted by Gasteiger charge is 2.35. The van der Waals surface area contributed by atoms with Crippen LogP contribution in [0.15, 0.2) is 72.8 Å². The van der Waals surface area contributed by atoms with E-state index in [9.17, 15) is 14.7 Å². The SMILES string of the molecule is C[C@H](O)CNC(C)(C)C(=O)N[C@@H]1CCc2ccccc2N(Cc2ccc(-c3ccccc3-c3nn[nH]n3)cc2)C1=O. The number of aromatic nitrogens is 4. The fourth-order valence-corrected chi connectivity index (χ4v) is 5.01. The Labute approximate surface area is 239 Å². The van der Waals surface area contributed by atoms with Crippen LogP contribution >= 0.6 is 0 Å². The zero-order valence-electron chi connectivity index (χ0n) is 23.5. The number of nitrogens with one attached hydrogen (secondary N) is 3. The molecule has 1 aliphatic heterocycles. The number of β-amino-alcohol motifs (C(OH)–C–C–N with tert-alkyl or cyclic N) is 1. The van der Waals surface area contributed by atoms with Gasteiger partial charge in [0.1, 0.15) is 6.04 Å². The lowest BCUT2D eigenvalue weighted by molar-refractivity contribution is -0.131. The smallest absolute Gasteiger partial charge is 0.249 e. The first-order chi connectivity index (χ1) is 19.7. The number of rotatable bonds is 9. The van der Waals surface area contributed by atoms with Crippen LogP contribution in [-0.2, 0) is 22.6 Å². The number of hydrogen-bond donors (Lipinski definition) is 4. The molecule has 41 heavy (non-hydrogen) atoms. The van der Waals surface area contributed by atoms with Crippen molar-refractivity contribution in [3.63, 3.8) is 0 Å². The Morgan fingerprint density at radius 1 is 1.07 bits per heavy atom. The Morgan fingerprint density at radius 2 is 1.78 bits per heavy atom. The molecule has 0 unspecified atom stereocenters. The second kappa shape index (κ2) is 12.0. The van der Waals surface area contributed by atoms with Crippen LogP contribution in [0.25, 0.3) is 22.5 Å². The van der Waals surface area contributed by atoms with Crippen molar-refractivity contribution in [1.29, 1.82) is 0 Å². The number of hydrogen-bond acceptors (Lipinski definition) is 7. The molecule has 5 rings (SSSR count). The van der Waals surface area contributed by atoms with E-state index in [1.807, 2.05) is 72.8 Å². The van der Waals surface area contributed by atoms with Gasteiger partial charge < -0.3 is 20.6 Å². The topological polar surface area (TPSA) is 136 Å². The monoisotopic (exact) mass is 553 g/mol. The summed E-state index contributed by atoms with van der Waals surface area (Å²) in [4.78, 5) is 28.9. The lowest BCUT2D eigenvalue weighted by Crippen LogP contribution is -2.58. The lowest BCUT2D eigenvalue weighted by atomic mass is 9.98. The number of nitrogens with zero attached hydrogens (tertiary/aromatic N) is 4. The number of carbonyl (C=O) groups excluding carboxylic acids is 2. The van der Waals surface area contributed by atoms with Gasteiger partial charge in [-0.05, 0) is 67.1 Å². The van der Waals surface area contributed by atoms with Gasteiger partial charge in [0.2, 0.25) is 17.6 Å². The molecule has 0 bridgehead atoms. The maximum absolute atomic E-state index is 13.9. The molecular formula is C31H35N7O3. The number of amides is 2. The first kappa shape index (κ1) is 28.1. The molecule has 0 spiro atoms. The van der Waals surface area contributed by atoms with Gasteiger partial charge in [0, 0.05) is 17.8 Å². The highest BCUT2D eigenvalue weighted by atomic mass is 16.3. The number of anilines is 1. The molecule has 0 saturated heterocycles. The van der Waals surface area contributed by atoms with E-state index in [4.69, 9.17) is 0 Å². The first-order valence-electron chi connectivity index (χ1n) is 13.8. The average Bonchev–Trinajstić information content (AvgIpc) is 3.48. The van der Waals surface area contributed by atoms with Gasteiger partial charge in [-0.15, -0.1) is 10.2 Å². The highest BCUT2D eigenvalue weighted by Crippen LogP contribution is 2.32. The Balaban J connectivity index is 1.38. The summed E-state index contributed by atoms with van der Waals surface area (Å²) in [6.07, 6.45) is 0.568. The van der Waals surface area contributed by atoms with Crippen LogP contribution in [0.1, 0.15) is 38.3 Å². The van der Waals surface area contributed by atoms with Gasteiger partial charge in [-0.25, -0.2) is 0 Å². The summed E-state index contributed by atoms with van der Waals surface area (Å²) >= 11 is 0. The molecular weight excluding hydrogens is 518 g/mol. The van der Waals surface area contributed by atoms with E-state index >= 15 is 0 Å². The van der Waals surface area contributed by atoms with Crippen molar-refractivity contribution in [2.45, 2.75) is 57.8 Å². The standard InChI is InChI=1S/C31H35N7O3/c1-20(39)18-32-31(2,3)30(41)33-26-17-16-23-8-4-7-11-27(23)38(29(26)40)19-21-12-14-22(15-13-21)24-9-5-6-10-25(24)28-34-36-37-35-28/h4-15,20,26,32,39H,16-19H2,1-3H3,(H,33,41)(H,34,35,36,37)/t20-,26+/m0/s1. The molecule has 2 amide bonds. The third-order valence-corrected chi connectivity index (χ3v) is 7.38. The summed E-state index contributed by atoms with van der Waals surface area (Å²) in [7, 11) is 0. The van der Waals surface area contributed by atoms with Gasteiger partial charge in [-0.1, -0.05) is 66.7 Å². The molecule has 3 aromatic carbocycles. The Kier molecular flexibility index (Phi) is 8.23. The van der Waals surface area contributed by atoms with E-state index in [1.165, 1.54) is 0 Å². The van der Waals surface area contributed by atoms with Crippen LogP contribution in [0.2, 0.25) is 0 Å². The van der Waals surface area contributed by atoms with E-state index in [0.29, 0.717) is 25.2 Å². The van der Waals surface area contributed by atoms with Crippen LogP contribution in [-0.4, -0.2) is 61.8 Å². The number of para-hydroxylation sites is 1. The maximum atomic E-state index is 13.9. The zero-order valence-corrected chi connectivity index (χ0v) is 23.5. The first-order valence-corrected chi connectivity index (χ1v) is 13.8. The van der Waals surface area contributed by atoms with Crippen molar-refractivity contribution in [1.82, 2.24) is 31.3 Å². The Bertz CT molecular complexity index is 1500. The predicted molar refractivity (Wildman–Crippen MR) is 157 cm³/mol. The molecule has 212 valence electrons. The molecule has 0 saturated carbocycles. The van der Waals surface area contributed by atoms with Gasteiger partial charge in [0.25, 0.3) is 0 Å². The fourth-order valence-electron chi connectivity index (χ4n) is 5.01. The highest BCUT2D eigenvalue weighted by molar-refractivity contribution is 6.01. The van der Waals surface area contributed by atoms with Crippen LogP contribution in [0.3, 0.4) is 0 Å². The van der Waals surface area contributed by atoms with E-state index in [2.05, 4.69) is 31.3 Å². The van der Waals surface area contributed by atoms with Crippen LogP contribution in [0, 0.1) is 0 Å². The maximum Gasteiger partial charge on any atom is 0.249 e. The largest absolute Gasteiger partial charge is 0.392 e. The Morgan fingerprint density at radius 3 is 2.49 bits per heavy atom. The minimum Gasteiger partial charge on any atom is -0.392 e. The van der Waals surface area contributed by atoms with Crippen molar-refractivity contribution < 1.29 is 14.7 Å². The molecule has 10 nitrogen and oxygen atoms in total. The summed E-state index contributed by atoms with van der Waals surface area (Å²) in [6.45, 7) is 5.78. The molecule has 1 aliphatic rings. The molecule has 0 aliphatic carbocycles. The molecule has 0 fully saturated rings. The number of aryl methyl sites for hydroxylation is 1. The fraction of sp³-hybridized carbons (Fsp3) is 0.323. The summed E-state index contributed by atoms with van der Waals surface area (Å²) in [5, 5.41) is 30.2. The van der Waals surface area contributed by atoms with Crippen molar-refractivity contribution in [2.75, 3.05) is 11.4 Å². The van der Waals surface area contributed by atoms with Crippen molar-refractivity contribution >= 4 is 17.5 Å². The minimum absolute atomic E-state index is 0.152. The molecule has 2 heterocycles. The number of fused-ring (bicyclic) bond motifs is 1. The van der Waals surface area contributed by atoms with Crippen LogP contribution < -0.4 is 15.5 Å². The third kappa shape index (κ3) is 6.34. The summed E-state index contributed by atoms with van der Waals surface area (Å²) in [6, 6.07) is 23.2. The average molecular weight is 554 g/mol. The van der Waals surface area contributed by atoms with E-state index in [0.717, 1.165) is 33.5 Å². The van der Waals surface area contributed by atoms with Crippen molar-refractivity contribution in [3.8, 4) is 22.5 Å². The predicted octanol–water partition coefficient (Wildman–Crippen LogP) is 3.25. The molecule has 10 heteroatoms. The quantitative estimate of drug-likeness (QED) is 0.250. The van der Waals surface area contributed by atoms with Gasteiger partial charge >= 0.3 is 0 Å². The zero-order chi connectivity index (χ0) is 29.0. The third-order valence-electron chi connectivity index (χ3n) is 7.38. The second-order valence-corrected chi connectivity index (χ2v) is 11.0. The molecule has 4 aromatic rings. The minimum atomic E-state index is -0.950. The summed E-state index contributed by atoms with van der Waals surface area (Å²) < 4.78 is 0. The van der Waals surface area contributed by atoms with Crippen LogP contribution in [0.5, 0.6) is 0 Å². The van der Waals surface area contributed by atoms with Gasteiger partial charge in [-0.2, -0.15) is 5.21 Å². The van der Waals surface area contributed by atoms with Gasteiger partial charge in [-0.3, -0.25) is 9.59 Å². The number of H-pyrrole nitrogens is 1. The van der Waals surface area contributed by atoms with Crippen molar-refractivity contribution in [3.05, 3.63) is 83.9 Å². The second-order valence-electron chi connectivity index (χ2n) is 11.0. The number of carbonyl (C=O) groups is 2. The normalized spacial score (nSPS) is 16.1. The van der Waals surface area contributed by atoms with E-state index < -0.39 is 17.7 Å². The number of tetrazole rings is 1. The molecule has 4 N–H and O–H groups in total. The molecule has 2 atom stereocenters. The number of aliphatic hydroxyl groups excluding tert-OH is 1. The van der Waals surface area contributed by atoms with Gasteiger partial charge in [0.15, 0.2) is 0 Å². The Hall–Kier alpha value is -4.41. The number of aromatic amines is 1. The summed E-state index contributed by atoms with van der Waals surface area (Å²) in [5.74, 6) is 0.0852. The molecule has 1 aromatic heterocycles. The number of benzene rings is 3. The van der Waals surface area contributed by atoms with E-state index in [1.54, 1.807) is 25.7 Å². The van der Waals surface area contributed by atoms with Gasteiger partial charge in [0.05, 0.1) is 18.2 Å². The number of aliphatic hydroxyl groups is 1. The van der Waals surface area contributed by atoms with Crippen molar-refractivity contribution in [2.24, 2.45) is 0 Å². The summed E-state index contributed by atoms with van der Waals surface area (Å²) in [5.41, 5.74) is 4.77. The van der Waals surface area contributed by atoms with E-state index in [-0.39, 0.29) is 18.4 Å². The van der Waals surface area contributed by atoms with Crippen LogP contribution in [0.4, 0.5) is 5.69 Å². The lowest BCUT2D eigenvalue weighted by Gasteiger charge is -2.30. The molecule has 0 radical (unpaired) electrons.